The Morgan fingerprint density at radius 2 is 2.07 bits per heavy atom. The lowest BCUT2D eigenvalue weighted by atomic mass is 10.1. The molecule has 1 fully saturated rings. The van der Waals surface area contributed by atoms with Gasteiger partial charge in [-0.05, 0) is 55.4 Å². The zero-order chi connectivity index (χ0) is 20.1. The Morgan fingerprint density at radius 3 is 2.87 bits per heavy atom. The van der Waals surface area contributed by atoms with Gasteiger partial charge in [-0.25, -0.2) is 4.98 Å². The molecule has 2 aromatic heterocycles. The molecule has 0 aliphatic heterocycles. The highest BCUT2D eigenvalue weighted by atomic mass is 127. The van der Waals surface area contributed by atoms with Crippen molar-refractivity contribution in [1.82, 2.24) is 20.6 Å². The van der Waals surface area contributed by atoms with Gasteiger partial charge in [0.15, 0.2) is 5.96 Å². The minimum absolute atomic E-state index is 0. The SMILES string of the molecule is CN=C(NCCc1c(C)[nH]c2ccccc12)NCc1ccnc(OCC2CC2)c1.I. The molecule has 6 nitrogen and oxygen atoms in total. The predicted molar refractivity (Wildman–Crippen MR) is 133 cm³/mol. The number of nitrogens with one attached hydrogen (secondary N) is 3. The number of nitrogens with zero attached hydrogens (tertiary/aromatic N) is 2. The molecule has 1 aliphatic rings. The summed E-state index contributed by atoms with van der Waals surface area (Å²) in [6.07, 6.45) is 5.29. The van der Waals surface area contributed by atoms with Crippen LogP contribution in [0.5, 0.6) is 5.88 Å². The molecule has 0 saturated heterocycles. The fraction of sp³-hybridized carbons (Fsp3) is 0.391. The largest absolute Gasteiger partial charge is 0.477 e. The van der Waals surface area contributed by atoms with Crippen molar-refractivity contribution in [3.05, 3.63) is 59.4 Å². The van der Waals surface area contributed by atoms with Crippen LogP contribution in [-0.4, -0.2) is 36.1 Å². The number of aliphatic imine (C=N–C) groups is 1. The zero-order valence-electron chi connectivity index (χ0n) is 17.6. The quantitative estimate of drug-likeness (QED) is 0.237. The summed E-state index contributed by atoms with van der Waals surface area (Å²) in [5.41, 5.74) is 4.91. The number of aromatic nitrogens is 2. The molecule has 0 unspecified atom stereocenters. The molecule has 30 heavy (non-hydrogen) atoms. The van der Waals surface area contributed by atoms with E-state index in [1.807, 2.05) is 12.1 Å². The molecule has 0 atom stereocenters. The third kappa shape index (κ3) is 5.87. The molecule has 4 rings (SSSR count). The van der Waals surface area contributed by atoms with E-state index in [4.69, 9.17) is 4.74 Å². The maximum Gasteiger partial charge on any atom is 0.213 e. The number of ether oxygens (including phenoxy) is 1. The monoisotopic (exact) mass is 519 g/mol. The summed E-state index contributed by atoms with van der Waals surface area (Å²) < 4.78 is 5.77. The number of hydrogen-bond acceptors (Lipinski definition) is 3. The van der Waals surface area contributed by atoms with Crippen LogP contribution in [0.2, 0.25) is 0 Å². The summed E-state index contributed by atoms with van der Waals surface area (Å²) in [6.45, 7) is 4.40. The van der Waals surface area contributed by atoms with Gasteiger partial charge in [-0.15, -0.1) is 24.0 Å². The summed E-state index contributed by atoms with van der Waals surface area (Å²) in [7, 11) is 1.79. The number of halogens is 1. The maximum atomic E-state index is 5.77. The van der Waals surface area contributed by atoms with E-state index in [0.29, 0.717) is 12.4 Å². The van der Waals surface area contributed by atoms with Crippen LogP contribution in [0.3, 0.4) is 0 Å². The molecule has 0 radical (unpaired) electrons. The number of para-hydroxylation sites is 1. The molecule has 3 aromatic rings. The molecule has 2 heterocycles. The smallest absolute Gasteiger partial charge is 0.213 e. The number of rotatable bonds is 8. The molecular weight excluding hydrogens is 489 g/mol. The number of pyridine rings is 1. The first-order valence-corrected chi connectivity index (χ1v) is 10.3. The molecular formula is C23H30IN5O. The molecule has 160 valence electrons. The van der Waals surface area contributed by atoms with Crippen molar-refractivity contribution >= 4 is 40.8 Å². The zero-order valence-corrected chi connectivity index (χ0v) is 19.9. The van der Waals surface area contributed by atoms with Gasteiger partial charge in [0, 0.05) is 49.0 Å². The Morgan fingerprint density at radius 1 is 1.23 bits per heavy atom. The van der Waals surface area contributed by atoms with Crippen molar-refractivity contribution in [2.24, 2.45) is 10.9 Å². The first-order chi connectivity index (χ1) is 14.2. The van der Waals surface area contributed by atoms with Gasteiger partial charge < -0.3 is 20.4 Å². The Hall–Kier alpha value is -2.29. The summed E-state index contributed by atoms with van der Waals surface area (Å²) in [5, 5.41) is 8.08. The van der Waals surface area contributed by atoms with Gasteiger partial charge in [0.25, 0.3) is 0 Å². The van der Waals surface area contributed by atoms with E-state index >= 15 is 0 Å². The van der Waals surface area contributed by atoms with Crippen LogP contribution in [0.15, 0.2) is 47.6 Å². The van der Waals surface area contributed by atoms with Gasteiger partial charge in [0.1, 0.15) is 0 Å². The number of fused-ring (bicyclic) bond motifs is 1. The van der Waals surface area contributed by atoms with Crippen molar-refractivity contribution in [3.8, 4) is 5.88 Å². The van der Waals surface area contributed by atoms with E-state index in [0.717, 1.165) is 37.0 Å². The lowest BCUT2D eigenvalue weighted by Gasteiger charge is -2.13. The van der Waals surface area contributed by atoms with Crippen molar-refractivity contribution < 1.29 is 4.74 Å². The van der Waals surface area contributed by atoms with Crippen LogP contribution in [-0.2, 0) is 13.0 Å². The number of guanidine groups is 1. The first-order valence-electron chi connectivity index (χ1n) is 10.3. The van der Waals surface area contributed by atoms with Gasteiger partial charge in [-0.3, -0.25) is 4.99 Å². The molecule has 1 saturated carbocycles. The topological polar surface area (TPSA) is 74.3 Å². The molecule has 0 spiro atoms. The summed E-state index contributed by atoms with van der Waals surface area (Å²) in [6, 6.07) is 12.4. The molecule has 3 N–H and O–H groups in total. The fourth-order valence-electron chi connectivity index (χ4n) is 3.50. The minimum atomic E-state index is 0. The van der Waals surface area contributed by atoms with Crippen molar-refractivity contribution in [2.75, 3.05) is 20.2 Å². The number of aromatic amines is 1. The van der Waals surface area contributed by atoms with E-state index in [-0.39, 0.29) is 24.0 Å². The third-order valence-corrected chi connectivity index (χ3v) is 5.34. The van der Waals surface area contributed by atoms with E-state index in [1.54, 1.807) is 13.2 Å². The molecule has 7 heteroatoms. The van der Waals surface area contributed by atoms with Crippen LogP contribution >= 0.6 is 24.0 Å². The highest BCUT2D eigenvalue weighted by molar-refractivity contribution is 14.0. The molecule has 0 amide bonds. The Bertz CT molecular complexity index is 996. The van der Waals surface area contributed by atoms with Crippen LogP contribution in [0.4, 0.5) is 0 Å². The Kier molecular flexibility index (Phi) is 7.95. The third-order valence-electron chi connectivity index (χ3n) is 5.34. The highest BCUT2D eigenvalue weighted by Crippen LogP contribution is 2.29. The average Bonchev–Trinajstić information content (AvgIpc) is 3.52. The van der Waals surface area contributed by atoms with Crippen molar-refractivity contribution in [3.63, 3.8) is 0 Å². The van der Waals surface area contributed by atoms with Crippen LogP contribution in [0, 0.1) is 12.8 Å². The van der Waals surface area contributed by atoms with Gasteiger partial charge in [-0.2, -0.15) is 0 Å². The Balaban J connectivity index is 0.00000256. The lowest BCUT2D eigenvalue weighted by Crippen LogP contribution is -2.37. The number of benzene rings is 1. The summed E-state index contributed by atoms with van der Waals surface area (Å²) >= 11 is 0. The fourth-order valence-corrected chi connectivity index (χ4v) is 3.50. The van der Waals surface area contributed by atoms with Gasteiger partial charge in [0.05, 0.1) is 6.61 Å². The van der Waals surface area contributed by atoms with Crippen molar-refractivity contribution in [2.45, 2.75) is 32.7 Å². The van der Waals surface area contributed by atoms with Crippen molar-refractivity contribution in [1.29, 1.82) is 0 Å². The molecule has 1 aliphatic carbocycles. The standard InChI is InChI=1S/C23H29N5O.HI/c1-16-19(20-5-3-4-6-21(20)28-16)10-12-26-23(24-2)27-14-18-9-11-25-22(13-18)29-15-17-7-8-17;/h3-6,9,11,13,17,28H,7-8,10,12,14-15H2,1-2H3,(H2,24,26,27);1H. The Labute approximate surface area is 194 Å². The van der Waals surface area contributed by atoms with Crippen LogP contribution < -0.4 is 15.4 Å². The first kappa shape index (κ1) is 22.4. The summed E-state index contributed by atoms with van der Waals surface area (Å²) in [4.78, 5) is 12.1. The van der Waals surface area contributed by atoms with E-state index in [9.17, 15) is 0 Å². The molecule has 1 aromatic carbocycles. The van der Waals surface area contributed by atoms with Crippen LogP contribution in [0.1, 0.15) is 29.7 Å². The normalized spacial score (nSPS) is 13.7. The minimum Gasteiger partial charge on any atom is -0.477 e. The molecule has 0 bridgehead atoms. The van der Waals surface area contributed by atoms with E-state index in [1.165, 1.54) is 35.0 Å². The van der Waals surface area contributed by atoms with E-state index in [2.05, 4.69) is 56.8 Å². The number of aryl methyl sites for hydroxylation is 1. The second-order valence-corrected chi connectivity index (χ2v) is 7.63. The van der Waals surface area contributed by atoms with Gasteiger partial charge >= 0.3 is 0 Å². The second kappa shape index (κ2) is 10.7. The van der Waals surface area contributed by atoms with Crippen LogP contribution in [0.25, 0.3) is 10.9 Å². The van der Waals surface area contributed by atoms with Gasteiger partial charge in [-0.1, -0.05) is 18.2 Å². The number of hydrogen-bond donors (Lipinski definition) is 3. The summed E-state index contributed by atoms with van der Waals surface area (Å²) in [5.74, 6) is 2.22. The average molecular weight is 519 g/mol. The predicted octanol–water partition coefficient (Wildman–Crippen LogP) is 4.19. The highest BCUT2D eigenvalue weighted by Gasteiger charge is 2.22. The number of H-pyrrole nitrogens is 1. The van der Waals surface area contributed by atoms with Gasteiger partial charge in [0.2, 0.25) is 5.88 Å². The maximum absolute atomic E-state index is 5.77. The second-order valence-electron chi connectivity index (χ2n) is 7.63. The lowest BCUT2D eigenvalue weighted by molar-refractivity contribution is 0.288. The van der Waals surface area contributed by atoms with E-state index < -0.39 is 0 Å².